The number of halogens is 1. The maximum Gasteiger partial charge on any atom is 0.189 e. The van der Waals surface area contributed by atoms with E-state index in [1.165, 1.54) is 25.7 Å². The van der Waals surface area contributed by atoms with Gasteiger partial charge in [-0.25, -0.2) is 0 Å². The second-order valence-electron chi connectivity index (χ2n) is 3.54. The average molecular weight is 200 g/mol. The molecule has 72 valence electrons. The Kier molecular flexibility index (Phi) is 2.79. The van der Waals surface area contributed by atoms with Gasteiger partial charge in [0.2, 0.25) is 0 Å². The van der Waals surface area contributed by atoms with E-state index in [0.717, 1.165) is 5.70 Å². The Morgan fingerprint density at radius 2 is 2.15 bits per heavy atom. The Hall–Kier alpha value is -0.630. The molecule has 0 spiro atoms. The quantitative estimate of drug-likeness (QED) is 0.738. The largest absolute Gasteiger partial charge is 0.479 e. The summed E-state index contributed by atoms with van der Waals surface area (Å²) in [5, 5.41) is 3.96. The summed E-state index contributed by atoms with van der Waals surface area (Å²) in [5.41, 5.74) is 1.11. The number of allylic oxidation sites excluding steroid dienone is 1. The van der Waals surface area contributed by atoms with Crippen molar-refractivity contribution in [3.8, 4) is 0 Å². The van der Waals surface area contributed by atoms with Crippen molar-refractivity contribution < 1.29 is 4.74 Å². The van der Waals surface area contributed by atoms with Crippen LogP contribution in [0.2, 0.25) is 0 Å². The van der Waals surface area contributed by atoms with Gasteiger partial charge in [0.1, 0.15) is 6.61 Å². The summed E-state index contributed by atoms with van der Waals surface area (Å²) in [6.45, 7) is 0.588. The van der Waals surface area contributed by atoms with E-state index in [9.17, 15) is 0 Å². The van der Waals surface area contributed by atoms with Crippen molar-refractivity contribution in [3.05, 3.63) is 23.1 Å². The van der Waals surface area contributed by atoms with Crippen LogP contribution in [-0.4, -0.2) is 12.6 Å². The summed E-state index contributed by atoms with van der Waals surface area (Å²) in [7, 11) is 0. The highest BCUT2D eigenvalue weighted by Gasteiger charge is 2.15. The molecule has 3 heteroatoms. The molecule has 1 heterocycles. The van der Waals surface area contributed by atoms with Crippen LogP contribution in [0.1, 0.15) is 25.7 Å². The van der Waals surface area contributed by atoms with Crippen LogP contribution in [-0.2, 0) is 4.74 Å². The molecule has 13 heavy (non-hydrogen) atoms. The van der Waals surface area contributed by atoms with Crippen molar-refractivity contribution in [3.63, 3.8) is 0 Å². The summed E-state index contributed by atoms with van der Waals surface area (Å²) in [6.07, 6.45) is 9.14. The van der Waals surface area contributed by atoms with Crippen molar-refractivity contribution in [2.75, 3.05) is 6.61 Å². The van der Waals surface area contributed by atoms with E-state index >= 15 is 0 Å². The molecule has 0 saturated heterocycles. The lowest BCUT2D eigenvalue weighted by Gasteiger charge is -2.17. The first-order valence-electron chi connectivity index (χ1n) is 4.81. The van der Waals surface area contributed by atoms with Crippen molar-refractivity contribution in [2.45, 2.75) is 31.7 Å². The Balaban J connectivity index is 1.90. The van der Waals surface area contributed by atoms with Gasteiger partial charge in [0.25, 0.3) is 0 Å². The van der Waals surface area contributed by atoms with E-state index in [4.69, 9.17) is 16.3 Å². The predicted octanol–water partition coefficient (Wildman–Crippen LogP) is 2.51. The third-order valence-corrected chi connectivity index (χ3v) is 2.74. The van der Waals surface area contributed by atoms with Crippen LogP contribution in [0.5, 0.6) is 0 Å². The zero-order valence-electron chi connectivity index (χ0n) is 7.55. The molecule has 1 aliphatic carbocycles. The SMILES string of the molecule is ClC1=CC(NC2CCCC2)=CCO1. The zero-order valence-corrected chi connectivity index (χ0v) is 8.31. The second kappa shape index (κ2) is 4.05. The van der Waals surface area contributed by atoms with Gasteiger partial charge in [-0.05, 0) is 30.5 Å². The molecule has 1 saturated carbocycles. The highest BCUT2D eigenvalue weighted by Crippen LogP contribution is 2.20. The molecule has 0 aromatic carbocycles. The lowest BCUT2D eigenvalue weighted by molar-refractivity contribution is 0.267. The highest BCUT2D eigenvalue weighted by atomic mass is 35.5. The van der Waals surface area contributed by atoms with Gasteiger partial charge in [0.05, 0.1) is 0 Å². The molecule has 0 bridgehead atoms. The lowest BCUT2D eigenvalue weighted by Crippen LogP contribution is -2.25. The molecular formula is C10H14ClNO. The van der Waals surface area contributed by atoms with Gasteiger partial charge in [-0.3, -0.25) is 0 Å². The van der Waals surface area contributed by atoms with Crippen LogP contribution < -0.4 is 5.32 Å². The molecule has 0 radical (unpaired) electrons. The maximum absolute atomic E-state index is 5.75. The fourth-order valence-electron chi connectivity index (χ4n) is 1.84. The molecule has 0 atom stereocenters. The van der Waals surface area contributed by atoms with Gasteiger partial charge in [0, 0.05) is 17.8 Å². The summed E-state index contributed by atoms with van der Waals surface area (Å²) in [6, 6.07) is 0.644. The molecule has 1 fully saturated rings. The third kappa shape index (κ3) is 2.41. The first-order valence-corrected chi connectivity index (χ1v) is 5.19. The number of hydrogen-bond acceptors (Lipinski definition) is 2. The maximum atomic E-state index is 5.75. The number of ether oxygens (including phenoxy) is 1. The van der Waals surface area contributed by atoms with Crippen LogP contribution in [0.15, 0.2) is 23.1 Å². The van der Waals surface area contributed by atoms with E-state index in [1.807, 2.05) is 12.2 Å². The van der Waals surface area contributed by atoms with Crippen LogP contribution in [0.3, 0.4) is 0 Å². The molecular weight excluding hydrogens is 186 g/mol. The highest BCUT2D eigenvalue weighted by molar-refractivity contribution is 6.28. The molecule has 2 rings (SSSR count). The van der Waals surface area contributed by atoms with Crippen LogP contribution in [0.4, 0.5) is 0 Å². The molecule has 0 amide bonds. The molecule has 1 N–H and O–H groups in total. The van der Waals surface area contributed by atoms with Gasteiger partial charge >= 0.3 is 0 Å². The van der Waals surface area contributed by atoms with Gasteiger partial charge < -0.3 is 10.1 Å². The van der Waals surface area contributed by atoms with Gasteiger partial charge in [-0.15, -0.1) is 0 Å². The molecule has 0 aromatic rings. The average Bonchev–Trinajstić information content (AvgIpc) is 2.57. The van der Waals surface area contributed by atoms with E-state index in [0.29, 0.717) is 17.9 Å². The summed E-state index contributed by atoms with van der Waals surface area (Å²) < 4.78 is 5.08. The minimum atomic E-state index is 0.489. The smallest absolute Gasteiger partial charge is 0.189 e. The predicted molar refractivity (Wildman–Crippen MR) is 53.4 cm³/mol. The molecule has 2 nitrogen and oxygen atoms in total. The van der Waals surface area contributed by atoms with Crippen LogP contribution in [0.25, 0.3) is 0 Å². The standard InChI is InChI=1S/C10H14ClNO/c11-10-7-9(5-6-13-10)12-8-3-1-2-4-8/h5,7-8,12H,1-4,6H2. The minimum absolute atomic E-state index is 0.489. The molecule has 2 aliphatic rings. The van der Waals surface area contributed by atoms with Gasteiger partial charge in [0.15, 0.2) is 5.22 Å². The number of hydrogen-bond donors (Lipinski definition) is 1. The summed E-state index contributed by atoms with van der Waals surface area (Å²) >= 11 is 5.75. The fourth-order valence-corrected chi connectivity index (χ4v) is 2.02. The van der Waals surface area contributed by atoms with Crippen molar-refractivity contribution in [2.24, 2.45) is 0 Å². The fraction of sp³-hybridized carbons (Fsp3) is 0.600. The summed E-state index contributed by atoms with van der Waals surface area (Å²) in [4.78, 5) is 0. The Bertz CT molecular complexity index is 241. The van der Waals surface area contributed by atoms with Crippen molar-refractivity contribution >= 4 is 11.6 Å². The van der Waals surface area contributed by atoms with Crippen LogP contribution in [0, 0.1) is 0 Å². The first-order chi connectivity index (χ1) is 6.34. The number of rotatable bonds is 2. The Morgan fingerprint density at radius 1 is 1.38 bits per heavy atom. The molecule has 0 aromatic heterocycles. The number of nitrogens with one attached hydrogen (secondary N) is 1. The zero-order chi connectivity index (χ0) is 9.10. The topological polar surface area (TPSA) is 21.3 Å². The summed E-state index contributed by atoms with van der Waals surface area (Å²) in [5.74, 6) is 0. The van der Waals surface area contributed by atoms with Crippen LogP contribution >= 0.6 is 11.6 Å². The normalized spacial score (nSPS) is 23.5. The van der Waals surface area contributed by atoms with E-state index < -0.39 is 0 Å². The Labute approximate surface area is 83.6 Å². The second-order valence-corrected chi connectivity index (χ2v) is 3.92. The van der Waals surface area contributed by atoms with Crippen molar-refractivity contribution in [1.82, 2.24) is 5.32 Å². The molecule has 1 aliphatic heterocycles. The van der Waals surface area contributed by atoms with Crippen molar-refractivity contribution in [1.29, 1.82) is 0 Å². The van der Waals surface area contributed by atoms with E-state index in [2.05, 4.69) is 5.32 Å². The van der Waals surface area contributed by atoms with E-state index in [-0.39, 0.29) is 0 Å². The third-order valence-electron chi connectivity index (χ3n) is 2.52. The molecule has 0 unspecified atom stereocenters. The van der Waals surface area contributed by atoms with E-state index in [1.54, 1.807) is 0 Å². The lowest BCUT2D eigenvalue weighted by atomic mass is 10.2. The monoisotopic (exact) mass is 199 g/mol. The van der Waals surface area contributed by atoms with Gasteiger partial charge in [-0.1, -0.05) is 12.8 Å². The van der Waals surface area contributed by atoms with Gasteiger partial charge in [-0.2, -0.15) is 0 Å². The first kappa shape index (κ1) is 8.95. The minimum Gasteiger partial charge on any atom is -0.479 e. The Morgan fingerprint density at radius 3 is 2.85 bits per heavy atom.